The van der Waals surface area contributed by atoms with E-state index in [0.29, 0.717) is 6.42 Å². The number of hydrogen-bond donors (Lipinski definition) is 1. The summed E-state index contributed by atoms with van der Waals surface area (Å²) < 4.78 is -0.608. The molecule has 0 spiro atoms. The Hall–Kier alpha value is 0.170. The molecular formula is C8H16O2S2. The predicted octanol–water partition coefficient (Wildman–Crippen LogP) is 2.68. The van der Waals surface area contributed by atoms with Crippen LogP contribution in [-0.2, 0) is 4.79 Å². The average molecular weight is 208 g/mol. The molecule has 0 aliphatic rings. The third-order valence-corrected chi connectivity index (χ3v) is 4.69. The fraction of sp³-hybridized carbons (Fsp3) is 0.875. The quantitative estimate of drug-likeness (QED) is 0.681. The fourth-order valence-electron chi connectivity index (χ4n) is 0.987. The molecule has 1 N–H and O–H groups in total. The molecule has 0 saturated carbocycles. The Morgan fingerprint density at radius 3 is 1.83 bits per heavy atom. The van der Waals surface area contributed by atoms with Gasteiger partial charge in [-0.2, -0.15) is 0 Å². The topological polar surface area (TPSA) is 37.3 Å². The number of carboxylic acids is 1. The SMILES string of the molecule is CCSC(CC)(SCC)C(=O)O. The number of carbonyl (C=O) groups is 1. The van der Waals surface area contributed by atoms with E-state index in [2.05, 4.69) is 0 Å². The van der Waals surface area contributed by atoms with Gasteiger partial charge in [0, 0.05) is 0 Å². The van der Waals surface area contributed by atoms with E-state index in [-0.39, 0.29) is 0 Å². The van der Waals surface area contributed by atoms with Crippen molar-refractivity contribution < 1.29 is 9.90 Å². The fourth-order valence-corrected chi connectivity index (χ4v) is 3.62. The van der Waals surface area contributed by atoms with E-state index < -0.39 is 10.0 Å². The van der Waals surface area contributed by atoms with Crippen LogP contribution in [0.25, 0.3) is 0 Å². The lowest BCUT2D eigenvalue weighted by atomic mass is 10.3. The molecule has 2 nitrogen and oxygen atoms in total. The third-order valence-electron chi connectivity index (χ3n) is 1.55. The summed E-state index contributed by atoms with van der Waals surface area (Å²) in [6.45, 7) is 5.92. The number of thioether (sulfide) groups is 2. The minimum absolute atomic E-state index is 0.608. The zero-order valence-electron chi connectivity index (χ0n) is 7.79. The lowest BCUT2D eigenvalue weighted by Crippen LogP contribution is -2.31. The van der Waals surface area contributed by atoms with Crippen molar-refractivity contribution in [2.24, 2.45) is 0 Å². The van der Waals surface area contributed by atoms with E-state index in [1.54, 1.807) is 0 Å². The molecule has 0 aromatic carbocycles. The van der Waals surface area contributed by atoms with Gasteiger partial charge in [0.25, 0.3) is 0 Å². The van der Waals surface area contributed by atoms with E-state index in [1.807, 2.05) is 20.8 Å². The Balaban J connectivity index is 4.39. The standard InChI is InChI=1S/C8H16O2S2/c1-4-8(7(9)10,11-5-2)12-6-3/h4-6H2,1-3H3,(H,9,10). The Bertz CT molecular complexity index is 142. The molecule has 0 atom stereocenters. The van der Waals surface area contributed by atoms with Crippen molar-refractivity contribution in [1.29, 1.82) is 0 Å². The van der Waals surface area contributed by atoms with Crippen LogP contribution in [0.1, 0.15) is 27.2 Å². The zero-order chi connectivity index (χ0) is 9.61. The van der Waals surface area contributed by atoms with Crippen LogP contribution in [0.2, 0.25) is 0 Å². The van der Waals surface area contributed by atoms with Gasteiger partial charge in [0.05, 0.1) is 0 Å². The van der Waals surface area contributed by atoms with E-state index in [4.69, 9.17) is 5.11 Å². The van der Waals surface area contributed by atoms with Crippen LogP contribution in [0.5, 0.6) is 0 Å². The molecule has 0 aromatic heterocycles. The number of aliphatic carboxylic acids is 1. The minimum atomic E-state index is -0.691. The van der Waals surface area contributed by atoms with Gasteiger partial charge in [-0.3, -0.25) is 0 Å². The van der Waals surface area contributed by atoms with Gasteiger partial charge in [-0.25, -0.2) is 4.79 Å². The van der Waals surface area contributed by atoms with Crippen molar-refractivity contribution in [3.8, 4) is 0 Å². The maximum atomic E-state index is 11.0. The first-order valence-electron chi connectivity index (χ1n) is 4.14. The zero-order valence-corrected chi connectivity index (χ0v) is 9.43. The highest BCUT2D eigenvalue weighted by Crippen LogP contribution is 2.40. The summed E-state index contributed by atoms with van der Waals surface area (Å²) in [5.41, 5.74) is 0. The lowest BCUT2D eigenvalue weighted by molar-refractivity contribution is -0.137. The molecule has 4 heteroatoms. The number of rotatable bonds is 6. The van der Waals surface area contributed by atoms with E-state index in [0.717, 1.165) is 11.5 Å². The first-order valence-corrected chi connectivity index (χ1v) is 6.11. The molecule has 0 fully saturated rings. The summed E-state index contributed by atoms with van der Waals surface area (Å²) >= 11 is 3.04. The lowest BCUT2D eigenvalue weighted by Gasteiger charge is -2.25. The molecule has 12 heavy (non-hydrogen) atoms. The molecule has 0 unspecified atom stereocenters. The largest absolute Gasteiger partial charge is 0.480 e. The van der Waals surface area contributed by atoms with Crippen LogP contribution >= 0.6 is 23.5 Å². The van der Waals surface area contributed by atoms with Gasteiger partial charge >= 0.3 is 5.97 Å². The van der Waals surface area contributed by atoms with Gasteiger partial charge < -0.3 is 5.11 Å². The van der Waals surface area contributed by atoms with Crippen molar-refractivity contribution >= 4 is 29.5 Å². The molecule has 0 amide bonds. The first-order chi connectivity index (χ1) is 5.63. The summed E-state index contributed by atoms with van der Waals surface area (Å²) in [5.74, 6) is 1.02. The Morgan fingerprint density at radius 1 is 1.25 bits per heavy atom. The van der Waals surface area contributed by atoms with Crippen molar-refractivity contribution in [2.45, 2.75) is 31.3 Å². The Labute approximate surface area is 82.5 Å². The van der Waals surface area contributed by atoms with Gasteiger partial charge in [-0.15, -0.1) is 23.5 Å². The maximum Gasteiger partial charge on any atom is 0.330 e. The second-order valence-corrected chi connectivity index (χ2v) is 5.66. The van der Waals surface area contributed by atoms with Gasteiger partial charge in [0.15, 0.2) is 4.08 Å². The number of carboxylic acid groups (broad SMARTS) is 1. The van der Waals surface area contributed by atoms with Crippen molar-refractivity contribution in [1.82, 2.24) is 0 Å². The molecule has 72 valence electrons. The van der Waals surface area contributed by atoms with E-state index in [1.165, 1.54) is 23.5 Å². The molecule has 0 aliphatic carbocycles. The maximum absolute atomic E-state index is 11.0. The van der Waals surface area contributed by atoms with Crippen LogP contribution in [0.4, 0.5) is 0 Å². The average Bonchev–Trinajstić information content (AvgIpc) is 2.03. The highest BCUT2D eigenvalue weighted by molar-refractivity contribution is 8.19. The number of hydrogen-bond acceptors (Lipinski definition) is 3. The molecule has 0 rings (SSSR count). The van der Waals surface area contributed by atoms with Gasteiger partial charge in [-0.05, 0) is 17.9 Å². The van der Waals surface area contributed by atoms with Gasteiger partial charge in [-0.1, -0.05) is 20.8 Å². The Morgan fingerprint density at radius 2 is 1.67 bits per heavy atom. The summed E-state index contributed by atoms with van der Waals surface area (Å²) in [6, 6.07) is 0. The summed E-state index contributed by atoms with van der Waals surface area (Å²) in [5, 5.41) is 9.04. The van der Waals surface area contributed by atoms with Crippen LogP contribution in [0.15, 0.2) is 0 Å². The first kappa shape index (κ1) is 12.2. The molecule has 0 aliphatic heterocycles. The summed E-state index contributed by atoms with van der Waals surface area (Å²) in [4.78, 5) is 11.0. The van der Waals surface area contributed by atoms with E-state index >= 15 is 0 Å². The molecule has 0 radical (unpaired) electrons. The van der Waals surface area contributed by atoms with Crippen LogP contribution in [0.3, 0.4) is 0 Å². The smallest absolute Gasteiger partial charge is 0.330 e. The normalized spacial score (nSPS) is 11.6. The second kappa shape index (κ2) is 5.75. The molecule has 0 bridgehead atoms. The summed E-state index contributed by atoms with van der Waals surface area (Å²) in [6.07, 6.45) is 0.680. The van der Waals surface area contributed by atoms with Gasteiger partial charge in [0.1, 0.15) is 0 Å². The highest BCUT2D eigenvalue weighted by atomic mass is 32.2. The van der Waals surface area contributed by atoms with Crippen molar-refractivity contribution in [2.75, 3.05) is 11.5 Å². The molecule has 0 aromatic rings. The monoisotopic (exact) mass is 208 g/mol. The molecular weight excluding hydrogens is 192 g/mol. The molecule has 0 heterocycles. The minimum Gasteiger partial charge on any atom is -0.480 e. The van der Waals surface area contributed by atoms with Crippen molar-refractivity contribution in [3.05, 3.63) is 0 Å². The molecule has 0 saturated heterocycles. The second-order valence-electron chi connectivity index (χ2n) is 2.28. The summed E-state index contributed by atoms with van der Waals surface area (Å²) in [7, 11) is 0. The Kier molecular flexibility index (Phi) is 5.84. The third kappa shape index (κ3) is 2.90. The van der Waals surface area contributed by atoms with Gasteiger partial charge in [0.2, 0.25) is 0 Å². The van der Waals surface area contributed by atoms with E-state index in [9.17, 15) is 4.79 Å². The van der Waals surface area contributed by atoms with Crippen LogP contribution in [0, 0.1) is 0 Å². The van der Waals surface area contributed by atoms with Crippen LogP contribution < -0.4 is 0 Å². The van der Waals surface area contributed by atoms with Crippen LogP contribution in [-0.4, -0.2) is 26.7 Å². The van der Waals surface area contributed by atoms with Crippen molar-refractivity contribution in [3.63, 3.8) is 0 Å². The predicted molar refractivity (Wildman–Crippen MR) is 56.9 cm³/mol. The highest BCUT2D eigenvalue weighted by Gasteiger charge is 2.36.